The van der Waals surface area contributed by atoms with E-state index in [0.717, 1.165) is 13.2 Å². The number of likely N-dealkylation sites (N-methyl/N-ethyl adjacent to an activating group) is 1. The predicted octanol–water partition coefficient (Wildman–Crippen LogP) is 3.74. The number of amides is 3. The number of hydrogen-bond donors (Lipinski definition) is 2. The van der Waals surface area contributed by atoms with Crippen LogP contribution in [0.1, 0.15) is 45.0 Å². The van der Waals surface area contributed by atoms with Crippen molar-refractivity contribution in [1.82, 2.24) is 24.3 Å². The number of allylic oxidation sites excluding steroid dienone is 1. The number of pyridine rings is 1. The third-order valence-corrected chi connectivity index (χ3v) is 6.67. The molecule has 0 aliphatic carbocycles. The number of benzene rings is 1. The van der Waals surface area contributed by atoms with Crippen molar-refractivity contribution in [3.8, 4) is 0 Å². The Kier molecular flexibility index (Phi) is 10.4. The van der Waals surface area contributed by atoms with E-state index in [2.05, 4.69) is 20.4 Å². The van der Waals surface area contributed by atoms with Gasteiger partial charge in [0.25, 0.3) is 5.56 Å². The summed E-state index contributed by atoms with van der Waals surface area (Å²) in [5.74, 6) is -2.42. The van der Waals surface area contributed by atoms with Crippen LogP contribution >= 0.6 is 0 Å². The number of hydrogen-bond acceptors (Lipinski definition) is 6. The summed E-state index contributed by atoms with van der Waals surface area (Å²) in [5.41, 5.74) is -0.0490. The summed E-state index contributed by atoms with van der Waals surface area (Å²) in [5, 5.41) is 5.00. The second-order valence-electron chi connectivity index (χ2n) is 11.6. The number of fused-ring (bicyclic) bond motifs is 1. The normalized spacial score (nSPS) is 12.4. The number of nitrogens with one attached hydrogen (secondary N) is 2. The number of methoxy groups -OCH3 is 1. The lowest BCUT2D eigenvalue weighted by Gasteiger charge is -2.19. The molecule has 43 heavy (non-hydrogen) atoms. The first kappa shape index (κ1) is 33.0. The number of ether oxygens (including phenoxy) is 1. The van der Waals surface area contributed by atoms with Gasteiger partial charge in [-0.3, -0.25) is 14.4 Å². The van der Waals surface area contributed by atoms with E-state index in [1.54, 1.807) is 37.9 Å². The van der Waals surface area contributed by atoms with E-state index in [0.29, 0.717) is 16.9 Å². The molecule has 2 aromatic heterocycles. The molecule has 0 bridgehead atoms. The van der Waals surface area contributed by atoms with Gasteiger partial charge in [-0.1, -0.05) is 26.8 Å². The summed E-state index contributed by atoms with van der Waals surface area (Å²) in [6.07, 6.45) is 4.28. The number of carbonyl (C=O) groups is 3. The third-order valence-electron chi connectivity index (χ3n) is 6.67. The molecule has 1 aromatic carbocycles. The maximum atomic E-state index is 14.8. The zero-order chi connectivity index (χ0) is 32.1. The number of halogens is 2. The molecule has 3 rings (SSSR count). The summed E-state index contributed by atoms with van der Waals surface area (Å²) in [6, 6.07) is 3.00. The van der Waals surface area contributed by atoms with Crippen LogP contribution in [-0.2, 0) is 34.3 Å². The second kappa shape index (κ2) is 13.6. The molecule has 0 aliphatic rings. The van der Waals surface area contributed by atoms with Gasteiger partial charge in [0.2, 0.25) is 11.8 Å². The van der Waals surface area contributed by atoms with Crippen molar-refractivity contribution in [2.45, 2.75) is 52.6 Å². The van der Waals surface area contributed by atoms with Gasteiger partial charge in [-0.15, -0.1) is 0 Å². The number of rotatable bonds is 10. The number of alkyl carbamates (subject to hydrolysis) is 1. The highest BCUT2D eigenvalue weighted by atomic mass is 19.2. The van der Waals surface area contributed by atoms with Gasteiger partial charge < -0.3 is 29.4 Å². The van der Waals surface area contributed by atoms with Gasteiger partial charge >= 0.3 is 6.09 Å². The monoisotopic (exact) mass is 600 g/mol. The minimum absolute atomic E-state index is 0.0412. The molecule has 0 unspecified atom stereocenters. The summed E-state index contributed by atoms with van der Waals surface area (Å²) >= 11 is 0. The van der Waals surface area contributed by atoms with Crippen LogP contribution in [0.3, 0.4) is 0 Å². The second-order valence-corrected chi connectivity index (χ2v) is 11.6. The first-order valence-corrected chi connectivity index (χ1v) is 13.7. The van der Waals surface area contributed by atoms with E-state index in [1.165, 1.54) is 27.8 Å². The molecule has 232 valence electrons. The largest absolute Gasteiger partial charge is 0.453 e. The summed E-state index contributed by atoms with van der Waals surface area (Å²) in [6.45, 7) is 5.71. The van der Waals surface area contributed by atoms with Crippen molar-refractivity contribution < 1.29 is 27.9 Å². The molecular formula is C30H38F2N6O5. The van der Waals surface area contributed by atoms with Crippen molar-refractivity contribution >= 4 is 34.6 Å². The molecule has 1 atom stereocenters. The Morgan fingerprint density at radius 3 is 2.53 bits per heavy atom. The van der Waals surface area contributed by atoms with Crippen molar-refractivity contribution in [3.05, 3.63) is 69.9 Å². The SMILES string of the molecule is COC(=O)N[C@@H](CC/C=C/C(=O)N(C)C)C(=O)Nc1cccn(Cc2nc3c(CC(C)(C)C)c(F)c(F)cc3n2C)c1=O. The summed E-state index contributed by atoms with van der Waals surface area (Å²) in [4.78, 5) is 56.0. The minimum atomic E-state index is -1.06. The Balaban J connectivity index is 1.86. The quantitative estimate of drug-likeness (QED) is 0.342. The molecule has 3 amide bonds. The molecular weight excluding hydrogens is 562 g/mol. The molecule has 0 aliphatic heterocycles. The first-order valence-electron chi connectivity index (χ1n) is 13.7. The maximum Gasteiger partial charge on any atom is 0.407 e. The Morgan fingerprint density at radius 2 is 1.91 bits per heavy atom. The van der Waals surface area contributed by atoms with Crippen molar-refractivity contribution in [1.29, 1.82) is 0 Å². The predicted molar refractivity (Wildman–Crippen MR) is 159 cm³/mol. The number of carbonyl (C=O) groups excluding carboxylic acids is 3. The van der Waals surface area contributed by atoms with Crippen molar-refractivity contribution in [2.24, 2.45) is 12.5 Å². The highest BCUT2D eigenvalue weighted by molar-refractivity contribution is 5.96. The summed E-state index contributed by atoms with van der Waals surface area (Å²) < 4.78 is 36.9. The molecule has 0 fully saturated rings. The number of aromatic nitrogens is 3. The van der Waals surface area contributed by atoms with Crippen molar-refractivity contribution in [3.63, 3.8) is 0 Å². The van der Waals surface area contributed by atoms with Gasteiger partial charge in [-0.25, -0.2) is 18.6 Å². The lowest BCUT2D eigenvalue weighted by atomic mass is 9.87. The number of nitrogens with zero attached hydrogens (tertiary/aromatic N) is 4. The van der Waals surface area contributed by atoms with Crippen LogP contribution < -0.4 is 16.2 Å². The van der Waals surface area contributed by atoms with Gasteiger partial charge in [0.15, 0.2) is 11.6 Å². The van der Waals surface area contributed by atoms with E-state index in [1.807, 2.05) is 20.8 Å². The molecule has 2 heterocycles. The average molecular weight is 601 g/mol. The third kappa shape index (κ3) is 8.27. The Morgan fingerprint density at radius 1 is 1.21 bits per heavy atom. The van der Waals surface area contributed by atoms with Crippen LogP contribution in [0.4, 0.5) is 19.3 Å². The van der Waals surface area contributed by atoms with Gasteiger partial charge in [-0.05, 0) is 42.9 Å². The van der Waals surface area contributed by atoms with Gasteiger partial charge in [-0.2, -0.15) is 0 Å². The zero-order valence-electron chi connectivity index (χ0n) is 25.5. The van der Waals surface area contributed by atoms with E-state index >= 15 is 0 Å². The Labute approximate surface area is 248 Å². The number of anilines is 1. The van der Waals surface area contributed by atoms with E-state index in [-0.39, 0.29) is 48.4 Å². The molecule has 0 saturated heterocycles. The van der Waals surface area contributed by atoms with Crippen LogP contribution in [-0.4, -0.2) is 64.2 Å². The van der Waals surface area contributed by atoms with E-state index in [9.17, 15) is 28.0 Å². The smallest absolute Gasteiger partial charge is 0.407 e. The fraction of sp³-hybridized carbons (Fsp3) is 0.433. The van der Waals surface area contributed by atoms with Gasteiger partial charge in [0, 0.05) is 39.0 Å². The molecule has 13 heteroatoms. The molecule has 0 radical (unpaired) electrons. The van der Waals surface area contributed by atoms with Crippen LogP contribution in [0.2, 0.25) is 0 Å². The highest BCUT2D eigenvalue weighted by Gasteiger charge is 2.25. The topological polar surface area (TPSA) is 128 Å². The molecule has 11 nitrogen and oxygen atoms in total. The maximum absolute atomic E-state index is 14.8. The summed E-state index contributed by atoms with van der Waals surface area (Å²) in [7, 11) is 6.03. The lowest BCUT2D eigenvalue weighted by Crippen LogP contribution is -2.44. The molecule has 2 N–H and O–H groups in total. The minimum Gasteiger partial charge on any atom is -0.453 e. The van der Waals surface area contributed by atoms with Crippen molar-refractivity contribution in [2.75, 3.05) is 26.5 Å². The average Bonchev–Trinajstić information content (AvgIpc) is 3.24. The van der Waals surface area contributed by atoms with Crippen LogP contribution in [0.5, 0.6) is 0 Å². The van der Waals surface area contributed by atoms with Gasteiger partial charge in [0.05, 0.1) is 24.7 Å². The van der Waals surface area contributed by atoms with E-state index in [4.69, 9.17) is 0 Å². The van der Waals surface area contributed by atoms with E-state index < -0.39 is 35.2 Å². The van der Waals surface area contributed by atoms with Crippen LogP contribution in [0.25, 0.3) is 11.0 Å². The molecule has 3 aromatic rings. The zero-order valence-corrected chi connectivity index (χ0v) is 25.5. The van der Waals surface area contributed by atoms with Crippen LogP contribution in [0.15, 0.2) is 41.3 Å². The lowest BCUT2D eigenvalue weighted by molar-refractivity contribution is -0.123. The van der Waals surface area contributed by atoms with Gasteiger partial charge in [0.1, 0.15) is 17.6 Å². The first-order chi connectivity index (χ1) is 20.1. The molecule has 0 saturated carbocycles. The number of imidazole rings is 1. The standard InChI is InChI=1S/C30H38F2N6O5/c1-30(2,3)16-18-25(32)19(31)15-22-26(18)35-23(37(22)6)17-38-14-10-12-21(28(38)41)33-27(40)20(34-29(42)43-7)11-8-9-13-24(39)36(4)5/h9-10,12-15,20H,8,11,16-17H2,1-7H3,(H,33,40)(H,34,42)/b13-9+/t20-/m0/s1. The fourth-order valence-corrected chi connectivity index (χ4v) is 4.41. The fourth-order valence-electron chi connectivity index (χ4n) is 4.41. The Hall–Kier alpha value is -4.55. The molecule has 0 spiro atoms. The van der Waals surface area contributed by atoms with Crippen LogP contribution in [0, 0.1) is 17.0 Å². The highest BCUT2D eigenvalue weighted by Crippen LogP contribution is 2.30. The number of aryl methyl sites for hydroxylation is 1. The Bertz CT molecular complexity index is 1600.